The van der Waals surface area contributed by atoms with Crippen LogP contribution < -0.4 is 10.6 Å². The highest BCUT2D eigenvalue weighted by molar-refractivity contribution is 9.10. The van der Waals surface area contributed by atoms with Crippen molar-refractivity contribution in [2.75, 3.05) is 17.2 Å². The van der Waals surface area contributed by atoms with Crippen LogP contribution in [0, 0.1) is 29.3 Å². The van der Waals surface area contributed by atoms with Crippen LogP contribution in [0.15, 0.2) is 89.4 Å². The molecule has 6 unspecified atom stereocenters. The van der Waals surface area contributed by atoms with Crippen LogP contribution in [-0.2, 0) is 4.74 Å². The highest BCUT2D eigenvalue weighted by Crippen LogP contribution is 2.56. The fraction of sp³-hybridized carbons (Fsp3) is 0.278. The van der Waals surface area contributed by atoms with Gasteiger partial charge in [0.05, 0.1) is 18.2 Å². The highest BCUT2D eigenvalue weighted by atomic mass is 79.9. The number of ether oxygens (including phenoxy) is 1. The molecule has 1 fully saturated rings. The molecule has 1 aliphatic carbocycles. The van der Waals surface area contributed by atoms with Gasteiger partial charge in [0.25, 0.3) is 0 Å². The first kappa shape index (κ1) is 27.0. The summed E-state index contributed by atoms with van der Waals surface area (Å²) in [4.78, 5) is 0. The zero-order valence-corrected chi connectivity index (χ0v) is 24.9. The van der Waals surface area contributed by atoms with Gasteiger partial charge >= 0.3 is 0 Å². The summed E-state index contributed by atoms with van der Waals surface area (Å²) in [6.45, 7) is 0.623. The van der Waals surface area contributed by atoms with Crippen molar-refractivity contribution in [3.63, 3.8) is 0 Å². The van der Waals surface area contributed by atoms with Gasteiger partial charge in [-0.2, -0.15) is 0 Å². The van der Waals surface area contributed by atoms with E-state index in [0.29, 0.717) is 6.61 Å². The second-order valence-electron chi connectivity index (χ2n) is 12.2. The lowest BCUT2D eigenvalue weighted by atomic mass is 9.75. The first-order valence-corrected chi connectivity index (χ1v) is 15.7. The van der Waals surface area contributed by atoms with Crippen LogP contribution >= 0.6 is 15.9 Å². The van der Waals surface area contributed by atoms with Crippen molar-refractivity contribution in [2.45, 2.75) is 43.4 Å². The van der Waals surface area contributed by atoms with Crippen LogP contribution in [-0.4, -0.2) is 6.61 Å². The van der Waals surface area contributed by atoms with Crippen LogP contribution in [0.3, 0.4) is 0 Å². The van der Waals surface area contributed by atoms with E-state index in [1.54, 1.807) is 30.3 Å². The quantitative estimate of drug-likeness (QED) is 0.233. The lowest BCUT2D eigenvalue weighted by Gasteiger charge is -2.44. The molecule has 2 N–H and O–H groups in total. The average molecular weight is 644 g/mol. The normalized spacial score (nSPS) is 27.1. The smallest absolute Gasteiger partial charge is 0.123 e. The van der Waals surface area contributed by atoms with E-state index in [9.17, 15) is 8.78 Å². The molecule has 8 rings (SSSR count). The minimum Gasteiger partial charge on any atom is -0.378 e. The molecule has 3 nitrogen and oxygen atoms in total. The average Bonchev–Trinajstić information content (AvgIpc) is 3.46. The second kappa shape index (κ2) is 10.6. The Kier molecular flexibility index (Phi) is 6.64. The highest BCUT2D eigenvalue weighted by Gasteiger charge is 2.44. The van der Waals surface area contributed by atoms with E-state index in [1.807, 2.05) is 18.2 Å². The third-order valence-electron chi connectivity index (χ3n) is 9.74. The zero-order chi connectivity index (χ0) is 29.2. The molecule has 3 heterocycles. The predicted octanol–water partition coefficient (Wildman–Crippen LogP) is 9.85. The first-order valence-electron chi connectivity index (χ1n) is 14.9. The molecule has 7 heteroatoms. The lowest BCUT2D eigenvalue weighted by Crippen LogP contribution is -2.36. The Morgan fingerprint density at radius 3 is 2.33 bits per heavy atom. The summed E-state index contributed by atoms with van der Waals surface area (Å²) in [5.74, 6) is -0.550. The maximum absolute atomic E-state index is 15.0. The molecular weight excluding hydrogens is 613 g/mol. The molecule has 4 aliphatic rings. The molecule has 4 aromatic rings. The van der Waals surface area contributed by atoms with Crippen LogP contribution in [0.25, 0.3) is 5.57 Å². The number of nitrogens with one attached hydrogen (secondary N) is 2. The van der Waals surface area contributed by atoms with Gasteiger partial charge in [-0.05, 0) is 114 Å². The lowest BCUT2D eigenvalue weighted by molar-refractivity contribution is -0.0383. The Hall–Kier alpha value is -3.55. The van der Waals surface area contributed by atoms with Crippen LogP contribution in [0.4, 0.5) is 24.5 Å². The standard InChI is InChI=1S/C36H30BrF3N2O/c37-21-6-10-32-28(16-21)27-14-20(15-29(27)34(41-32)19-3-1-4-22(38)13-19)25-9-7-23(39)17-30(25)35-26-5-2-12-43-36(26)31-18-24(40)8-11-33(31)42-35/h1,3-4,6-11,13-14,16-18,26-27,29,34-36,41-42H,2,5,12,15H2. The molecule has 0 spiro atoms. The second-order valence-corrected chi connectivity index (χ2v) is 13.1. The fourth-order valence-corrected chi connectivity index (χ4v) is 8.29. The van der Waals surface area contributed by atoms with Crippen molar-refractivity contribution in [1.29, 1.82) is 0 Å². The van der Waals surface area contributed by atoms with E-state index in [1.165, 1.54) is 23.8 Å². The van der Waals surface area contributed by atoms with Crippen molar-refractivity contribution in [3.8, 4) is 0 Å². The van der Waals surface area contributed by atoms with Crippen molar-refractivity contribution >= 4 is 32.9 Å². The maximum atomic E-state index is 15.0. The number of rotatable bonds is 3. The number of fused-ring (bicyclic) bond motifs is 6. The summed E-state index contributed by atoms with van der Waals surface area (Å²) in [5.41, 5.74) is 7.86. The Balaban J connectivity index is 1.23. The number of anilines is 2. The molecule has 218 valence electrons. The van der Waals surface area contributed by atoms with Gasteiger partial charge in [0.1, 0.15) is 17.5 Å². The Morgan fingerprint density at radius 1 is 0.721 bits per heavy atom. The van der Waals surface area contributed by atoms with Gasteiger partial charge in [-0.3, -0.25) is 0 Å². The monoisotopic (exact) mass is 642 g/mol. The molecular formula is C36H30BrF3N2O. The van der Waals surface area contributed by atoms with Crippen LogP contribution in [0.2, 0.25) is 0 Å². The summed E-state index contributed by atoms with van der Waals surface area (Å²) in [6.07, 6.45) is 4.62. The van der Waals surface area contributed by atoms with E-state index in [2.05, 4.69) is 44.8 Å². The summed E-state index contributed by atoms with van der Waals surface area (Å²) in [6, 6.07) is 22.7. The van der Waals surface area contributed by atoms with Gasteiger partial charge in [-0.25, -0.2) is 13.2 Å². The fourth-order valence-electron chi connectivity index (χ4n) is 7.91. The number of allylic oxidation sites excluding steroid dienone is 2. The van der Waals surface area contributed by atoms with E-state index in [4.69, 9.17) is 4.74 Å². The molecule has 6 atom stereocenters. The minimum absolute atomic E-state index is 0.0336. The third-order valence-corrected chi connectivity index (χ3v) is 10.2. The van der Waals surface area contributed by atoms with Crippen LogP contribution in [0.5, 0.6) is 0 Å². The Labute approximate surface area is 257 Å². The molecule has 0 amide bonds. The van der Waals surface area contributed by atoms with Gasteiger partial charge in [0.2, 0.25) is 0 Å². The van der Waals surface area contributed by atoms with Crippen molar-refractivity contribution in [3.05, 3.63) is 135 Å². The molecule has 1 saturated heterocycles. The van der Waals surface area contributed by atoms with Gasteiger partial charge in [0.15, 0.2) is 0 Å². The summed E-state index contributed by atoms with van der Waals surface area (Å²) in [7, 11) is 0. The molecule has 0 aromatic heterocycles. The van der Waals surface area contributed by atoms with Gasteiger partial charge in [0, 0.05) is 39.9 Å². The molecule has 43 heavy (non-hydrogen) atoms. The van der Waals surface area contributed by atoms with Crippen molar-refractivity contribution in [1.82, 2.24) is 0 Å². The van der Waals surface area contributed by atoms with E-state index < -0.39 is 0 Å². The molecule has 4 aromatic carbocycles. The van der Waals surface area contributed by atoms with E-state index in [-0.39, 0.29) is 53.4 Å². The van der Waals surface area contributed by atoms with Crippen molar-refractivity contribution in [2.24, 2.45) is 11.8 Å². The third kappa shape index (κ3) is 4.68. The number of hydrogen-bond acceptors (Lipinski definition) is 3. The molecule has 0 bridgehead atoms. The zero-order valence-electron chi connectivity index (χ0n) is 23.3. The first-order chi connectivity index (χ1) is 20.9. The van der Waals surface area contributed by atoms with E-state index >= 15 is 4.39 Å². The minimum atomic E-state index is -0.289. The maximum Gasteiger partial charge on any atom is 0.123 e. The number of benzene rings is 4. The van der Waals surface area contributed by atoms with Gasteiger partial charge in [-0.15, -0.1) is 0 Å². The Bertz CT molecular complexity index is 1770. The van der Waals surface area contributed by atoms with Crippen molar-refractivity contribution < 1.29 is 17.9 Å². The Morgan fingerprint density at radius 2 is 1.47 bits per heavy atom. The SMILES string of the molecule is Fc1cccc(C2Nc3ccc(Br)cc3C3C=C(c4ccc(F)cc4C4Nc5ccc(F)cc5C5OCCCC45)CC32)c1. The summed E-state index contributed by atoms with van der Waals surface area (Å²) < 4.78 is 51.0. The summed E-state index contributed by atoms with van der Waals surface area (Å²) >= 11 is 3.66. The van der Waals surface area contributed by atoms with Crippen LogP contribution in [0.1, 0.15) is 71.2 Å². The number of halogens is 4. The van der Waals surface area contributed by atoms with E-state index in [0.717, 1.165) is 62.9 Å². The molecule has 0 saturated carbocycles. The van der Waals surface area contributed by atoms with Gasteiger partial charge < -0.3 is 15.4 Å². The number of hydrogen-bond donors (Lipinski definition) is 2. The predicted molar refractivity (Wildman–Crippen MR) is 166 cm³/mol. The topological polar surface area (TPSA) is 33.3 Å². The molecule has 3 aliphatic heterocycles. The molecule has 0 radical (unpaired) electrons. The summed E-state index contributed by atoms with van der Waals surface area (Å²) in [5, 5.41) is 7.37. The van der Waals surface area contributed by atoms with Gasteiger partial charge in [-0.1, -0.05) is 40.2 Å². The largest absolute Gasteiger partial charge is 0.378 e.